The van der Waals surface area contributed by atoms with Crippen molar-refractivity contribution >= 4 is 11.8 Å². The number of nitrogens with zero attached hydrogens (tertiary/aromatic N) is 2. The van der Waals surface area contributed by atoms with Gasteiger partial charge in [0.25, 0.3) is 5.91 Å². The molecule has 1 N–H and O–H groups in total. The van der Waals surface area contributed by atoms with Crippen molar-refractivity contribution in [2.45, 2.75) is 50.7 Å². The third-order valence-corrected chi connectivity index (χ3v) is 6.33. The van der Waals surface area contributed by atoms with E-state index in [1.807, 2.05) is 24.3 Å². The molecule has 0 aliphatic heterocycles. The first kappa shape index (κ1) is 24.4. The lowest BCUT2D eigenvalue weighted by atomic mass is 9.94. The van der Waals surface area contributed by atoms with Crippen LogP contribution < -0.4 is 10.1 Å². The largest absolute Gasteiger partial charge is 0.497 e. The second kappa shape index (κ2) is 11.6. The predicted molar refractivity (Wildman–Crippen MR) is 131 cm³/mol. The molecule has 3 aromatic rings. The maximum Gasteiger partial charge on any atom is 0.273 e. The highest BCUT2D eigenvalue weighted by Crippen LogP contribution is 2.28. The highest BCUT2D eigenvalue weighted by atomic mass is 19.1. The van der Waals surface area contributed by atoms with Crippen LogP contribution in [0.4, 0.5) is 4.39 Å². The molecule has 2 aromatic carbocycles. The summed E-state index contributed by atoms with van der Waals surface area (Å²) in [7, 11) is 1.58. The highest BCUT2D eigenvalue weighted by molar-refractivity contribution is 5.96. The zero-order valence-electron chi connectivity index (χ0n) is 19.8. The number of hydrogen-bond acceptors (Lipinski definition) is 4. The van der Waals surface area contributed by atoms with Crippen LogP contribution in [0.15, 0.2) is 72.9 Å². The topological polar surface area (TPSA) is 71.5 Å². The van der Waals surface area contributed by atoms with Gasteiger partial charge in [0.1, 0.15) is 23.3 Å². The van der Waals surface area contributed by atoms with Crippen molar-refractivity contribution in [1.82, 2.24) is 15.2 Å². The average Bonchev–Trinajstić information content (AvgIpc) is 2.90. The molecule has 2 amide bonds. The molecule has 0 radical (unpaired) electrons. The van der Waals surface area contributed by atoms with Gasteiger partial charge in [0.05, 0.1) is 7.11 Å². The molecule has 35 heavy (non-hydrogen) atoms. The number of carbonyl (C=O) groups is 2. The van der Waals surface area contributed by atoms with E-state index in [-0.39, 0.29) is 30.1 Å². The fourth-order valence-corrected chi connectivity index (χ4v) is 4.53. The Labute approximate surface area is 205 Å². The van der Waals surface area contributed by atoms with Crippen LogP contribution >= 0.6 is 0 Å². The Balaban J connectivity index is 1.74. The van der Waals surface area contributed by atoms with Gasteiger partial charge in [-0.05, 0) is 60.4 Å². The van der Waals surface area contributed by atoms with Gasteiger partial charge in [-0.1, -0.05) is 49.6 Å². The summed E-state index contributed by atoms with van der Waals surface area (Å²) in [6.07, 6.45) is 6.65. The van der Waals surface area contributed by atoms with E-state index in [0.29, 0.717) is 11.3 Å². The van der Waals surface area contributed by atoms with E-state index in [2.05, 4.69) is 10.3 Å². The van der Waals surface area contributed by atoms with Crippen molar-refractivity contribution in [1.29, 1.82) is 0 Å². The minimum Gasteiger partial charge on any atom is -0.497 e. The van der Waals surface area contributed by atoms with Crippen LogP contribution in [0, 0.1) is 5.82 Å². The van der Waals surface area contributed by atoms with E-state index >= 15 is 0 Å². The summed E-state index contributed by atoms with van der Waals surface area (Å²) in [5, 5.41) is 3.16. The number of rotatable bonds is 8. The van der Waals surface area contributed by atoms with Gasteiger partial charge in [0.2, 0.25) is 5.91 Å². The van der Waals surface area contributed by atoms with Crippen molar-refractivity contribution in [3.63, 3.8) is 0 Å². The maximum absolute atomic E-state index is 13.8. The van der Waals surface area contributed by atoms with Crippen molar-refractivity contribution < 1.29 is 18.7 Å². The number of ether oxygens (including phenoxy) is 1. The second-order valence-electron chi connectivity index (χ2n) is 8.80. The smallest absolute Gasteiger partial charge is 0.273 e. The summed E-state index contributed by atoms with van der Waals surface area (Å²) >= 11 is 0. The van der Waals surface area contributed by atoms with Gasteiger partial charge in [-0.25, -0.2) is 4.39 Å². The lowest BCUT2D eigenvalue weighted by Gasteiger charge is -2.33. The molecule has 1 atom stereocenters. The molecule has 6 nitrogen and oxygen atoms in total. The molecule has 1 aromatic heterocycles. The highest BCUT2D eigenvalue weighted by Gasteiger charge is 2.34. The van der Waals surface area contributed by atoms with E-state index < -0.39 is 11.9 Å². The van der Waals surface area contributed by atoms with Gasteiger partial charge in [-0.3, -0.25) is 14.6 Å². The molecule has 1 aliphatic carbocycles. The number of benzene rings is 2. The number of carbonyl (C=O) groups excluding carboxylic acids is 2. The first-order chi connectivity index (χ1) is 17.0. The van der Waals surface area contributed by atoms with Crippen LogP contribution in [-0.2, 0) is 11.3 Å². The van der Waals surface area contributed by atoms with Crippen LogP contribution in [-0.4, -0.2) is 34.8 Å². The minimum absolute atomic E-state index is 0.0582. The Bertz CT molecular complexity index is 1130. The zero-order valence-corrected chi connectivity index (χ0v) is 19.8. The number of hydrogen-bond donors (Lipinski definition) is 1. The van der Waals surface area contributed by atoms with Gasteiger partial charge < -0.3 is 15.0 Å². The molecular weight excluding hydrogens is 445 g/mol. The molecule has 4 rings (SSSR count). The van der Waals surface area contributed by atoms with Crippen molar-refractivity contribution in [2.24, 2.45) is 0 Å². The summed E-state index contributed by atoms with van der Waals surface area (Å²) < 4.78 is 19.1. The van der Waals surface area contributed by atoms with Crippen LogP contribution in [0.2, 0.25) is 0 Å². The number of nitrogens with one attached hydrogen (secondary N) is 1. The quantitative estimate of drug-likeness (QED) is 0.494. The van der Waals surface area contributed by atoms with Crippen LogP contribution in [0.1, 0.15) is 59.8 Å². The van der Waals surface area contributed by atoms with Crippen LogP contribution in [0.25, 0.3) is 0 Å². The third-order valence-electron chi connectivity index (χ3n) is 6.33. The molecule has 182 valence electrons. The normalized spacial score (nSPS) is 14.7. The predicted octanol–water partition coefficient (Wildman–Crippen LogP) is 5.06. The fraction of sp³-hybridized carbons (Fsp3) is 0.321. The number of aromatic nitrogens is 1. The summed E-state index contributed by atoms with van der Waals surface area (Å²) in [5.41, 5.74) is 1.56. The van der Waals surface area contributed by atoms with E-state index in [1.54, 1.807) is 43.6 Å². The summed E-state index contributed by atoms with van der Waals surface area (Å²) in [5.74, 6) is -0.425. The van der Waals surface area contributed by atoms with Crippen LogP contribution in [0.3, 0.4) is 0 Å². The summed E-state index contributed by atoms with van der Waals surface area (Å²) in [6, 6.07) is 17.3. The minimum atomic E-state index is -0.960. The van der Waals surface area contributed by atoms with E-state index in [4.69, 9.17) is 4.74 Å². The first-order valence-corrected chi connectivity index (χ1v) is 12.0. The summed E-state index contributed by atoms with van der Waals surface area (Å²) in [6.45, 7) is 0.146. The van der Waals surface area contributed by atoms with Crippen molar-refractivity contribution in [2.75, 3.05) is 7.11 Å². The number of halogens is 1. The fourth-order valence-electron chi connectivity index (χ4n) is 4.53. The van der Waals surface area contributed by atoms with Crippen LogP contribution in [0.5, 0.6) is 5.75 Å². The van der Waals surface area contributed by atoms with Gasteiger partial charge >= 0.3 is 0 Å². The molecule has 7 heteroatoms. The van der Waals surface area contributed by atoms with Crippen molar-refractivity contribution in [3.8, 4) is 5.75 Å². The van der Waals surface area contributed by atoms with Gasteiger partial charge in [-0.15, -0.1) is 0 Å². The van der Waals surface area contributed by atoms with E-state index in [1.165, 1.54) is 17.0 Å². The average molecular weight is 476 g/mol. The number of pyridine rings is 1. The Hall–Kier alpha value is -3.74. The van der Waals surface area contributed by atoms with Gasteiger partial charge in [0, 0.05) is 18.8 Å². The Morgan fingerprint density at radius 3 is 2.51 bits per heavy atom. The standard InChI is InChI=1S/C28H30FN3O3/c1-35-24-11-7-8-20(18-24)19-32(28(34)25-12-5-6-17-30-25)26(21-13-15-22(29)16-14-21)27(33)31-23-9-3-2-4-10-23/h5-8,11-18,23,26H,2-4,9-10,19H2,1H3,(H,31,33)/t26-/m1/s1. The maximum atomic E-state index is 13.8. The third kappa shape index (κ3) is 6.23. The Morgan fingerprint density at radius 2 is 1.83 bits per heavy atom. The molecule has 0 bridgehead atoms. The van der Waals surface area contributed by atoms with Crippen molar-refractivity contribution in [3.05, 3.63) is 95.6 Å². The molecular formula is C28H30FN3O3. The Kier molecular flexibility index (Phi) is 8.08. The molecule has 1 fully saturated rings. The molecule has 1 heterocycles. The van der Waals surface area contributed by atoms with E-state index in [0.717, 1.165) is 37.7 Å². The summed E-state index contributed by atoms with van der Waals surface area (Å²) in [4.78, 5) is 33.2. The van der Waals surface area contributed by atoms with Gasteiger partial charge in [0.15, 0.2) is 0 Å². The zero-order chi connectivity index (χ0) is 24.6. The van der Waals surface area contributed by atoms with E-state index in [9.17, 15) is 14.0 Å². The Morgan fingerprint density at radius 1 is 1.06 bits per heavy atom. The molecule has 0 saturated heterocycles. The lowest BCUT2D eigenvalue weighted by Crippen LogP contribution is -2.47. The SMILES string of the molecule is COc1cccc(CN(C(=O)c2ccccn2)[C@@H](C(=O)NC2CCCCC2)c2ccc(F)cc2)c1. The molecule has 0 spiro atoms. The molecule has 1 aliphatic rings. The molecule has 1 saturated carbocycles. The monoisotopic (exact) mass is 475 g/mol. The second-order valence-corrected chi connectivity index (χ2v) is 8.80. The molecule has 0 unspecified atom stereocenters. The lowest BCUT2D eigenvalue weighted by molar-refractivity contribution is -0.127. The number of methoxy groups -OCH3 is 1. The number of amides is 2. The van der Waals surface area contributed by atoms with Gasteiger partial charge in [-0.2, -0.15) is 0 Å². The first-order valence-electron chi connectivity index (χ1n) is 12.0.